The van der Waals surface area contributed by atoms with Gasteiger partial charge in [0.15, 0.2) is 5.75 Å². The minimum absolute atomic E-state index is 0.0589. The van der Waals surface area contributed by atoms with Crippen LogP contribution in [-0.2, 0) is 9.59 Å². The number of nitrogens with zero attached hydrogens (tertiary/aromatic N) is 2. The summed E-state index contributed by atoms with van der Waals surface area (Å²) in [5.74, 6) is -0.0191. The highest BCUT2D eigenvalue weighted by Gasteiger charge is 2.25. The molecule has 1 amide bonds. The van der Waals surface area contributed by atoms with Crippen molar-refractivity contribution < 1.29 is 14.3 Å². The molecular weight excluding hydrogens is 354 g/mol. The van der Waals surface area contributed by atoms with Crippen LogP contribution in [-0.4, -0.2) is 38.1 Å². The lowest BCUT2D eigenvalue weighted by atomic mass is 10.1. The lowest BCUT2D eigenvalue weighted by molar-refractivity contribution is -0.133. The molecule has 1 heterocycles. The van der Waals surface area contributed by atoms with E-state index in [-0.39, 0.29) is 25.0 Å². The first-order chi connectivity index (χ1) is 13.4. The van der Waals surface area contributed by atoms with E-state index in [1.807, 2.05) is 44.2 Å². The molecule has 148 valence electrons. The molecule has 0 saturated carbocycles. The van der Waals surface area contributed by atoms with Gasteiger partial charge in [0.05, 0.1) is 12.2 Å². The maximum absolute atomic E-state index is 12.6. The molecule has 3 rings (SSSR count). The molecule has 0 aromatic heterocycles. The highest BCUT2D eigenvalue weighted by Crippen LogP contribution is 2.32. The number of fused-ring (bicyclic) bond motifs is 1. The molecule has 6 heteroatoms. The van der Waals surface area contributed by atoms with E-state index < -0.39 is 0 Å². The SMILES string of the molecule is CCN(CC)c1ccc(NC(=O)CN2CC(=O)Oc3cc(C)ccc32)c(C)c1. The molecule has 0 atom stereocenters. The number of nitrogens with one attached hydrogen (secondary N) is 1. The number of ether oxygens (including phenoxy) is 1. The molecule has 0 radical (unpaired) electrons. The van der Waals surface area contributed by atoms with Crippen LogP contribution in [0.25, 0.3) is 0 Å². The third kappa shape index (κ3) is 4.27. The Morgan fingerprint density at radius 1 is 1.14 bits per heavy atom. The van der Waals surface area contributed by atoms with Crippen molar-refractivity contribution in [1.29, 1.82) is 0 Å². The van der Waals surface area contributed by atoms with E-state index in [9.17, 15) is 9.59 Å². The summed E-state index contributed by atoms with van der Waals surface area (Å²) < 4.78 is 5.30. The molecule has 0 unspecified atom stereocenters. The van der Waals surface area contributed by atoms with E-state index in [1.54, 1.807) is 4.90 Å². The first kappa shape index (κ1) is 19.7. The Morgan fingerprint density at radius 3 is 2.57 bits per heavy atom. The van der Waals surface area contributed by atoms with Crippen molar-refractivity contribution >= 4 is 28.9 Å². The number of amides is 1. The van der Waals surface area contributed by atoms with Crippen molar-refractivity contribution in [2.45, 2.75) is 27.7 Å². The van der Waals surface area contributed by atoms with E-state index in [2.05, 4.69) is 30.1 Å². The maximum atomic E-state index is 12.6. The standard InChI is InChI=1S/C22H27N3O3/c1-5-24(6-2)17-8-9-18(16(4)12-17)23-21(26)13-25-14-22(27)28-20-11-15(3)7-10-19(20)25/h7-12H,5-6,13-14H2,1-4H3,(H,23,26). The van der Waals surface area contributed by atoms with Gasteiger partial charge in [-0.25, -0.2) is 4.79 Å². The summed E-state index contributed by atoms with van der Waals surface area (Å²) in [5.41, 5.74) is 4.69. The Hall–Kier alpha value is -3.02. The van der Waals surface area contributed by atoms with Crippen LogP contribution in [0.5, 0.6) is 5.75 Å². The minimum Gasteiger partial charge on any atom is -0.423 e. The summed E-state index contributed by atoms with van der Waals surface area (Å²) in [5, 5.41) is 2.97. The van der Waals surface area contributed by atoms with E-state index >= 15 is 0 Å². The predicted octanol–water partition coefficient (Wildman–Crippen LogP) is 3.51. The van der Waals surface area contributed by atoms with Gasteiger partial charge < -0.3 is 19.9 Å². The van der Waals surface area contributed by atoms with Crippen LogP contribution in [0.4, 0.5) is 17.1 Å². The van der Waals surface area contributed by atoms with E-state index in [0.717, 1.165) is 41.3 Å². The first-order valence-corrected chi connectivity index (χ1v) is 9.63. The number of aryl methyl sites for hydroxylation is 2. The van der Waals surface area contributed by atoms with Crippen LogP contribution in [0, 0.1) is 13.8 Å². The van der Waals surface area contributed by atoms with Crippen molar-refractivity contribution in [2.75, 3.05) is 41.3 Å². The molecule has 2 aromatic rings. The van der Waals surface area contributed by atoms with Gasteiger partial charge in [-0.15, -0.1) is 0 Å². The van der Waals surface area contributed by atoms with Crippen molar-refractivity contribution in [2.24, 2.45) is 0 Å². The number of anilines is 3. The highest BCUT2D eigenvalue weighted by molar-refractivity contribution is 5.97. The molecule has 1 N–H and O–H groups in total. The van der Waals surface area contributed by atoms with Crippen molar-refractivity contribution in [1.82, 2.24) is 0 Å². The van der Waals surface area contributed by atoms with Crippen molar-refractivity contribution in [3.05, 3.63) is 47.5 Å². The Bertz CT molecular complexity index is 891. The number of rotatable bonds is 6. The molecule has 0 fully saturated rings. The molecule has 0 bridgehead atoms. The molecule has 0 saturated heterocycles. The van der Waals surface area contributed by atoms with Crippen LogP contribution in [0.3, 0.4) is 0 Å². The number of esters is 1. The zero-order chi connectivity index (χ0) is 20.3. The predicted molar refractivity (Wildman–Crippen MR) is 112 cm³/mol. The van der Waals surface area contributed by atoms with Gasteiger partial charge in [0.1, 0.15) is 6.54 Å². The Balaban J connectivity index is 1.72. The third-order valence-electron chi connectivity index (χ3n) is 4.95. The van der Waals surface area contributed by atoms with Gasteiger partial charge in [0.2, 0.25) is 5.91 Å². The summed E-state index contributed by atoms with van der Waals surface area (Å²) in [6.45, 7) is 10.2. The topological polar surface area (TPSA) is 61.9 Å². The Labute approximate surface area is 166 Å². The fourth-order valence-corrected chi connectivity index (χ4v) is 3.44. The van der Waals surface area contributed by atoms with Gasteiger partial charge in [-0.05, 0) is 69.2 Å². The second kappa shape index (κ2) is 8.33. The molecule has 1 aliphatic rings. The second-order valence-corrected chi connectivity index (χ2v) is 7.02. The minimum atomic E-state index is -0.356. The van der Waals surface area contributed by atoms with E-state index in [0.29, 0.717) is 5.75 Å². The average Bonchev–Trinajstić information content (AvgIpc) is 2.64. The van der Waals surface area contributed by atoms with Crippen molar-refractivity contribution in [3.63, 3.8) is 0 Å². The van der Waals surface area contributed by atoms with E-state index in [4.69, 9.17) is 4.74 Å². The van der Waals surface area contributed by atoms with Gasteiger partial charge in [-0.2, -0.15) is 0 Å². The van der Waals surface area contributed by atoms with Crippen LogP contribution >= 0.6 is 0 Å². The molecular formula is C22H27N3O3. The third-order valence-corrected chi connectivity index (χ3v) is 4.95. The van der Waals surface area contributed by atoms with Gasteiger partial charge in [0, 0.05) is 24.5 Å². The normalized spacial score (nSPS) is 13.0. The van der Waals surface area contributed by atoms with Crippen LogP contribution in [0.1, 0.15) is 25.0 Å². The largest absolute Gasteiger partial charge is 0.423 e. The summed E-state index contributed by atoms with van der Waals surface area (Å²) in [7, 11) is 0. The fraction of sp³-hybridized carbons (Fsp3) is 0.364. The molecule has 0 aliphatic carbocycles. The molecule has 1 aliphatic heterocycles. The number of carbonyl (C=O) groups is 2. The highest BCUT2D eigenvalue weighted by atomic mass is 16.5. The van der Waals surface area contributed by atoms with Crippen LogP contribution < -0.4 is 19.9 Å². The average molecular weight is 381 g/mol. The zero-order valence-corrected chi connectivity index (χ0v) is 16.9. The zero-order valence-electron chi connectivity index (χ0n) is 16.9. The number of hydrogen-bond acceptors (Lipinski definition) is 5. The summed E-state index contributed by atoms with van der Waals surface area (Å²) >= 11 is 0. The molecule has 6 nitrogen and oxygen atoms in total. The second-order valence-electron chi connectivity index (χ2n) is 7.02. The van der Waals surface area contributed by atoms with Gasteiger partial charge in [0.25, 0.3) is 0 Å². The fourth-order valence-electron chi connectivity index (χ4n) is 3.44. The lowest BCUT2D eigenvalue weighted by Crippen LogP contribution is -2.41. The van der Waals surface area contributed by atoms with Crippen LogP contribution in [0.2, 0.25) is 0 Å². The summed E-state index contributed by atoms with van der Waals surface area (Å²) in [6.07, 6.45) is 0. The van der Waals surface area contributed by atoms with Gasteiger partial charge >= 0.3 is 5.97 Å². The van der Waals surface area contributed by atoms with Gasteiger partial charge in [-0.3, -0.25) is 4.79 Å². The molecule has 0 spiro atoms. The Kier molecular flexibility index (Phi) is 5.87. The van der Waals surface area contributed by atoms with E-state index in [1.165, 1.54) is 0 Å². The first-order valence-electron chi connectivity index (χ1n) is 9.63. The quantitative estimate of drug-likeness (QED) is 0.613. The monoisotopic (exact) mass is 381 g/mol. The smallest absolute Gasteiger partial charge is 0.331 e. The number of hydrogen-bond donors (Lipinski definition) is 1. The summed E-state index contributed by atoms with van der Waals surface area (Å²) in [4.78, 5) is 28.5. The number of carbonyl (C=O) groups excluding carboxylic acids is 2. The maximum Gasteiger partial charge on any atom is 0.331 e. The lowest BCUT2D eigenvalue weighted by Gasteiger charge is -2.29. The Morgan fingerprint density at radius 2 is 1.89 bits per heavy atom. The van der Waals surface area contributed by atoms with Gasteiger partial charge in [-0.1, -0.05) is 6.07 Å². The number of benzene rings is 2. The molecule has 28 heavy (non-hydrogen) atoms. The summed E-state index contributed by atoms with van der Waals surface area (Å²) in [6, 6.07) is 11.7. The van der Waals surface area contributed by atoms with Crippen molar-refractivity contribution in [3.8, 4) is 5.75 Å². The molecule has 2 aromatic carbocycles. The van der Waals surface area contributed by atoms with Crippen LogP contribution in [0.15, 0.2) is 36.4 Å².